The number of ether oxygens (including phenoxy) is 5. The summed E-state index contributed by atoms with van der Waals surface area (Å²) in [5, 5.41) is 12.3. The summed E-state index contributed by atoms with van der Waals surface area (Å²) >= 11 is 0. The predicted octanol–water partition coefficient (Wildman–Crippen LogP) is 2.18. The fraction of sp³-hybridized carbons (Fsp3) is 0.607. The van der Waals surface area contributed by atoms with Gasteiger partial charge in [-0.25, -0.2) is 4.79 Å². The Hall–Kier alpha value is -3.11. The van der Waals surface area contributed by atoms with Crippen molar-refractivity contribution >= 4 is 17.9 Å². The van der Waals surface area contributed by atoms with E-state index in [-0.39, 0.29) is 18.2 Å². The van der Waals surface area contributed by atoms with Gasteiger partial charge < -0.3 is 33.7 Å². The first-order valence-electron chi connectivity index (χ1n) is 12.9. The molecular weight excluding hydrogens is 494 g/mol. The van der Waals surface area contributed by atoms with Crippen LogP contribution in [0.15, 0.2) is 24.0 Å². The lowest BCUT2D eigenvalue weighted by Crippen LogP contribution is -2.74. The van der Waals surface area contributed by atoms with Crippen molar-refractivity contribution in [2.45, 2.75) is 88.2 Å². The van der Waals surface area contributed by atoms with Crippen LogP contribution in [0.25, 0.3) is 0 Å². The van der Waals surface area contributed by atoms with Crippen LogP contribution in [-0.2, 0) is 40.4 Å². The van der Waals surface area contributed by atoms with Gasteiger partial charge in [-0.2, -0.15) is 0 Å². The molecule has 2 aliphatic carbocycles. The standard InChI is InChI=1S/C28H35NO9/c1-15(30)35-19(25(32)38-26(2,3)4)14-21(31)36-18-9-10-28(33)20-13-16-7-8-17(34-6)23-22(16)27(28,24(18)37-23)11-12-29(20)5/h7-9,19-20,24,33H,10-14H2,1-6H3/t19-,20+,24-,27-,28+/m0/s1. The predicted molar refractivity (Wildman–Crippen MR) is 134 cm³/mol. The minimum atomic E-state index is -1.45. The zero-order valence-electron chi connectivity index (χ0n) is 22.7. The molecule has 2 bridgehead atoms. The van der Waals surface area contributed by atoms with Crippen LogP contribution < -0.4 is 9.47 Å². The van der Waals surface area contributed by atoms with E-state index in [1.807, 2.05) is 19.2 Å². The molecule has 10 heteroatoms. The van der Waals surface area contributed by atoms with Crippen molar-refractivity contribution in [3.05, 3.63) is 35.1 Å². The first kappa shape index (κ1) is 26.5. The molecule has 1 fully saturated rings. The highest BCUT2D eigenvalue weighted by molar-refractivity contribution is 5.84. The molecule has 0 saturated carbocycles. The molecule has 0 radical (unpaired) electrons. The number of methoxy groups -OCH3 is 1. The number of carbonyl (C=O) groups is 3. The Morgan fingerprint density at radius 3 is 2.66 bits per heavy atom. The average molecular weight is 530 g/mol. The molecule has 1 spiro atoms. The quantitative estimate of drug-likeness (QED) is 0.434. The van der Waals surface area contributed by atoms with E-state index in [1.165, 1.54) is 0 Å². The van der Waals surface area contributed by atoms with Gasteiger partial charge in [0.2, 0.25) is 6.10 Å². The molecule has 1 N–H and O–H groups in total. The zero-order chi connectivity index (χ0) is 27.6. The van der Waals surface area contributed by atoms with Crippen molar-refractivity contribution in [1.82, 2.24) is 4.90 Å². The van der Waals surface area contributed by atoms with Gasteiger partial charge in [-0.3, -0.25) is 9.59 Å². The number of benzene rings is 1. The maximum Gasteiger partial charge on any atom is 0.348 e. The Labute approximate surface area is 221 Å². The summed E-state index contributed by atoms with van der Waals surface area (Å²) in [6, 6.07) is 3.75. The number of hydrogen-bond acceptors (Lipinski definition) is 10. The van der Waals surface area contributed by atoms with Gasteiger partial charge in [0.15, 0.2) is 17.6 Å². The molecule has 1 aromatic rings. The average Bonchev–Trinajstić information content (AvgIpc) is 3.17. The Morgan fingerprint density at radius 1 is 1.26 bits per heavy atom. The second kappa shape index (κ2) is 8.98. The van der Waals surface area contributed by atoms with Crippen molar-refractivity contribution in [3.8, 4) is 11.5 Å². The third-order valence-corrected chi connectivity index (χ3v) is 8.12. The minimum absolute atomic E-state index is 0.136. The van der Waals surface area contributed by atoms with Crippen LogP contribution in [0.2, 0.25) is 0 Å². The number of carbonyl (C=O) groups excluding carboxylic acids is 3. The van der Waals surface area contributed by atoms with E-state index in [4.69, 9.17) is 23.7 Å². The topological polar surface area (TPSA) is 121 Å². The van der Waals surface area contributed by atoms with Gasteiger partial charge in [0.05, 0.1) is 24.5 Å². The normalized spacial score (nSPS) is 29.8. The van der Waals surface area contributed by atoms with Crippen LogP contribution in [0.5, 0.6) is 11.5 Å². The van der Waals surface area contributed by atoms with Crippen LogP contribution in [0, 0.1) is 0 Å². The number of nitrogens with zero attached hydrogens (tertiary/aromatic N) is 1. The minimum Gasteiger partial charge on any atom is -0.493 e. The number of likely N-dealkylation sites (N-methyl/N-ethyl adjacent to an activating group) is 1. The van der Waals surface area contributed by atoms with E-state index < -0.39 is 53.2 Å². The smallest absolute Gasteiger partial charge is 0.348 e. The van der Waals surface area contributed by atoms with Crippen LogP contribution in [0.4, 0.5) is 0 Å². The summed E-state index contributed by atoms with van der Waals surface area (Å²) < 4.78 is 28.3. The molecule has 206 valence electrons. The number of piperidine rings is 1. The van der Waals surface area contributed by atoms with Gasteiger partial charge in [-0.05, 0) is 64.9 Å². The third-order valence-electron chi connectivity index (χ3n) is 8.12. The highest BCUT2D eigenvalue weighted by Crippen LogP contribution is 2.65. The van der Waals surface area contributed by atoms with Gasteiger partial charge in [0, 0.05) is 24.9 Å². The van der Waals surface area contributed by atoms with Gasteiger partial charge in [-0.15, -0.1) is 0 Å². The van der Waals surface area contributed by atoms with E-state index >= 15 is 0 Å². The van der Waals surface area contributed by atoms with Gasteiger partial charge in [-0.1, -0.05) is 6.07 Å². The number of hydrogen-bond donors (Lipinski definition) is 1. The maximum absolute atomic E-state index is 13.1. The number of esters is 3. The molecule has 38 heavy (non-hydrogen) atoms. The van der Waals surface area contributed by atoms with Crippen molar-refractivity contribution in [1.29, 1.82) is 0 Å². The molecule has 2 aliphatic heterocycles. The summed E-state index contributed by atoms with van der Waals surface area (Å²) in [5.41, 5.74) is -0.797. The lowest BCUT2D eigenvalue weighted by atomic mass is 9.50. The summed E-state index contributed by atoms with van der Waals surface area (Å²) in [6.07, 6.45) is 0.486. The Balaban J connectivity index is 1.46. The summed E-state index contributed by atoms with van der Waals surface area (Å²) in [7, 11) is 3.58. The van der Waals surface area contributed by atoms with Crippen LogP contribution in [0.1, 0.15) is 58.1 Å². The fourth-order valence-electron chi connectivity index (χ4n) is 6.65. The molecule has 0 unspecified atom stereocenters. The lowest BCUT2D eigenvalue weighted by molar-refractivity contribution is -0.179. The van der Waals surface area contributed by atoms with Crippen LogP contribution in [-0.4, -0.2) is 78.1 Å². The van der Waals surface area contributed by atoms with Crippen molar-refractivity contribution in [3.63, 3.8) is 0 Å². The summed E-state index contributed by atoms with van der Waals surface area (Å²) in [4.78, 5) is 39.6. The van der Waals surface area contributed by atoms with Gasteiger partial charge in [0.25, 0.3) is 0 Å². The maximum atomic E-state index is 13.1. The van der Waals surface area contributed by atoms with E-state index in [2.05, 4.69) is 4.90 Å². The highest BCUT2D eigenvalue weighted by atomic mass is 16.6. The second-order valence-corrected chi connectivity index (χ2v) is 11.6. The van der Waals surface area contributed by atoms with Crippen molar-refractivity contribution < 1.29 is 43.2 Å². The molecule has 2 heterocycles. The molecular formula is C28H35NO9. The molecule has 5 atom stereocenters. The van der Waals surface area contributed by atoms with Crippen molar-refractivity contribution in [2.75, 3.05) is 20.7 Å². The summed E-state index contributed by atoms with van der Waals surface area (Å²) in [6.45, 7) is 6.92. The Bertz CT molecular complexity index is 1220. The van der Waals surface area contributed by atoms with Gasteiger partial charge in [0.1, 0.15) is 11.4 Å². The second-order valence-electron chi connectivity index (χ2n) is 11.6. The van der Waals surface area contributed by atoms with E-state index in [0.717, 1.165) is 24.6 Å². The van der Waals surface area contributed by atoms with Crippen molar-refractivity contribution in [2.24, 2.45) is 0 Å². The number of aliphatic hydroxyl groups is 1. The van der Waals surface area contributed by atoms with E-state index in [9.17, 15) is 19.5 Å². The molecule has 1 aromatic carbocycles. The summed E-state index contributed by atoms with van der Waals surface area (Å²) in [5.74, 6) is -0.950. The van der Waals surface area contributed by atoms with E-state index in [1.54, 1.807) is 34.0 Å². The molecule has 5 rings (SSSR count). The Morgan fingerprint density at radius 2 is 2.00 bits per heavy atom. The highest BCUT2D eigenvalue weighted by Gasteiger charge is 2.72. The number of likely N-dealkylation sites (tertiary alicyclic amines) is 1. The largest absolute Gasteiger partial charge is 0.493 e. The SMILES string of the molecule is COc1ccc2c3c1O[C@H]1C(OC(=O)C[C@H](OC(C)=O)C(=O)OC(C)(C)C)=CC[C@@]4(O)[C@@H](C2)N(C)CC[C@]314. The van der Waals surface area contributed by atoms with Crippen LogP contribution >= 0.6 is 0 Å². The number of rotatable bonds is 6. The monoisotopic (exact) mass is 529 g/mol. The first-order chi connectivity index (χ1) is 17.8. The Kier molecular flexibility index (Phi) is 6.26. The molecule has 0 aromatic heterocycles. The molecule has 4 aliphatic rings. The third kappa shape index (κ3) is 3.96. The van der Waals surface area contributed by atoms with E-state index in [0.29, 0.717) is 24.3 Å². The molecule has 0 amide bonds. The first-order valence-corrected chi connectivity index (χ1v) is 12.9. The molecule has 1 saturated heterocycles. The van der Waals surface area contributed by atoms with Crippen LogP contribution in [0.3, 0.4) is 0 Å². The lowest BCUT2D eigenvalue weighted by Gasteiger charge is -2.61. The molecule has 10 nitrogen and oxygen atoms in total. The van der Waals surface area contributed by atoms with Gasteiger partial charge >= 0.3 is 17.9 Å². The fourth-order valence-corrected chi connectivity index (χ4v) is 6.65. The zero-order valence-corrected chi connectivity index (χ0v) is 22.7.